The van der Waals surface area contributed by atoms with E-state index in [1.165, 1.54) is 5.20 Å². The zero-order chi connectivity index (χ0) is 16.8. The van der Waals surface area contributed by atoms with E-state index in [0.29, 0.717) is 11.4 Å². The van der Waals surface area contributed by atoms with Crippen LogP contribution >= 0.6 is 0 Å². The predicted octanol–water partition coefficient (Wildman–Crippen LogP) is 4.10. The van der Waals surface area contributed by atoms with Gasteiger partial charge in [0.15, 0.2) is 0 Å². The molecular weight excluding hydrogens is 322 g/mol. The number of allylic oxidation sites excluding steroid dienone is 3. The average Bonchev–Trinajstić information content (AvgIpc) is 2.91. The highest BCUT2D eigenvalue weighted by atomic mass is 32.2. The summed E-state index contributed by atoms with van der Waals surface area (Å²) in [6, 6.07) is 7.20. The fourth-order valence-corrected chi connectivity index (χ4v) is 6.98. The predicted molar refractivity (Wildman–Crippen MR) is 97.3 cm³/mol. The van der Waals surface area contributed by atoms with Crippen molar-refractivity contribution in [3.8, 4) is 0 Å². The van der Waals surface area contributed by atoms with Gasteiger partial charge in [0.25, 0.3) is 10.0 Å². The maximum atomic E-state index is 13.2. The van der Waals surface area contributed by atoms with Gasteiger partial charge in [-0.25, -0.2) is 8.42 Å². The van der Waals surface area contributed by atoms with Gasteiger partial charge < -0.3 is 0 Å². The van der Waals surface area contributed by atoms with E-state index >= 15 is 0 Å². The molecule has 3 rings (SSSR count). The summed E-state index contributed by atoms with van der Waals surface area (Å²) in [6.07, 6.45) is 6.22. The highest BCUT2D eigenvalue weighted by molar-refractivity contribution is 7.89. The van der Waals surface area contributed by atoms with Gasteiger partial charge in [0.1, 0.15) is 0 Å². The molecule has 1 heterocycles. The van der Waals surface area contributed by atoms with Crippen molar-refractivity contribution in [3.05, 3.63) is 52.9 Å². The molecule has 0 saturated carbocycles. The van der Waals surface area contributed by atoms with Gasteiger partial charge in [-0.3, -0.25) is 4.31 Å². The van der Waals surface area contributed by atoms with Crippen LogP contribution in [0, 0.1) is 12.8 Å². The minimum Gasteiger partial charge on any atom is -0.270 e. The molecular formula is C18H25NO2SSi. The van der Waals surface area contributed by atoms with E-state index < -0.39 is 18.1 Å². The number of nitrogens with zero attached hydrogens (tertiary/aromatic N) is 1. The van der Waals surface area contributed by atoms with Crippen molar-refractivity contribution < 1.29 is 8.42 Å². The summed E-state index contributed by atoms with van der Waals surface area (Å²) >= 11 is 0. The molecule has 1 aliphatic carbocycles. The van der Waals surface area contributed by atoms with Crippen LogP contribution in [0.15, 0.2) is 52.2 Å². The molecule has 0 radical (unpaired) electrons. The molecule has 0 bridgehead atoms. The summed E-state index contributed by atoms with van der Waals surface area (Å²) in [4.78, 5) is 0.403. The normalized spacial score (nSPS) is 21.7. The van der Waals surface area contributed by atoms with Crippen LogP contribution in [0.1, 0.15) is 18.4 Å². The molecule has 0 spiro atoms. The molecule has 3 nitrogen and oxygen atoms in total. The molecule has 1 aromatic carbocycles. The topological polar surface area (TPSA) is 37.4 Å². The highest BCUT2D eigenvalue weighted by Gasteiger charge is 2.40. The fourth-order valence-electron chi connectivity index (χ4n) is 3.49. The van der Waals surface area contributed by atoms with Crippen LogP contribution in [-0.4, -0.2) is 27.3 Å². The number of aryl methyl sites for hydroxylation is 1. The summed E-state index contributed by atoms with van der Waals surface area (Å²) in [6.45, 7) is 9.48. The third kappa shape index (κ3) is 2.92. The van der Waals surface area contributed by atoms with Gasteiger partial charge in [-0.15, -0.1) is 0 Å². The number of hydrogen-bond donors (Lipinski definition) is 0. The molecule has 0 amide bonds. The van der Waals surface area contributed by atoms with Gasteiger partial charge in [0.2, 0.25) is 0 Å². The fraction of sp³-hybridized carbons (Fsp3) is 0.444. The number of fused-ring (bicyclic) bond motifs is 1. The first-order valence-electron chi connectivity index (χ1n) is 8.21. The van der Waals surface area contributed by atoms with E-state index in [9.17, 15) is 8.42 Å². The maximum Gasteiger partial charge on any atom is 0.264 e. The van der Waals surface area contributed by atoms with E-state index in [1.54, 1.807) is 16.4 Å². The molecule has 5 heteroatoms. The molecule has 1 aromatic rings. The SMILES string of the molecule is Cc1ccc(S(=O)(=O)N2CCC3C=CCC([Si](C)(C)C)=C32)cc1. The minimum atomic E-state index is -3.46. The second-order valence-electron chi connectivity index (χ2n) is 7.53. The lowest BCUT2D eigenvalue weighted by molar-refractivity contribution is 0.507. The van der Waals surface area contributed by atoms with Crippen LogP contribution in [-0.2, 0) is 10.0 Å². The molecule has 0 aromatic heterocycles. The number of benzene rings is 1. The van der Waals surface area contributed by atoms with E-state index in [4.69, 9.17) is 0 Å². The second kappa shape index (κ2) is 5.63. The van der Waals surface area contributed by atoms with E-state index in [1.807, 2.05) is 19.1 Å². The van der Waals surface area contributed by atoms with Gasteiger partial charge in [0.05, 0.1) is 13.0 Å². The first-order valence-corrected chi connectivity index (χ1v) is 13.1. The Bertz CT molecular complexity index is 770. The van der Waals surface area contributed by atoms with Crippen LogP contribution in [0.4, 0.5) is 0 Å². The van der Waals surface area contributed by atoms with Crippen molar-refractivity contribution in [2.24, 2.45) is 5.92 Å². The summed E-state index contributed by atoms with van der Waals surface area (Å²) in [5.74, 6) is 0.269. The second-order valence-corrected chi connectivity index (χ2v) is 14.5. The standard InChI is InChI=1S/C18H25NO2SSi/c1-14-8-10-16(11-9-14)22(20,21)19-13-12-15-6-5-7-17(18(15)19)23(2,3)4/h5-6,8-11,15H,7,12-13H2,1-4H3. The third-order valence-corrected chi connectivity index (χ3v) is 8.88. The van der Waals surface area contributed by atoms with Crippen LogP contribution in [0.3, 0.4) is 0 Å². The van der Waals surface area contributed by atoms with Gasteiger partial charge in [-0.1, -0.05) is 54.7 Å². The number of sulfonamides is 1. The molecule has 124 valence electrons. The Balaban J connectivity index is 2.09. The Labute approximate surface area is 140 Å². The largest absolute Gasteiger partial charge is 0.270 e. The third-order valence-electron chi connectivity index (χ3n) is 4.78. The van der Waals surface area contributed by atoms with Crippen LogP contribution in [0.2, 0.25) is 19.6 Å². The van der Waals surface area contributed by atoms with Crippen LogP contribution in [0.5, 0.6) is 0 Å². The summed E-state index contributed by atoms with van der Waals surface area (Å²) in [5, 5.41) is 1.39. The molecule has 1 atom stereocenters. The molecule has 1 saturated heterocycles. The minimum absolute atomic E-state index is 0.269. The number of rotatable bonds is 3. The molecule has 0 N–H and O–H groups in total. The summed E-state index contributed by atoms with van der Waals surface area (Å²) < 4.78 is 28.0. The molecule has 2 aliphatic rings. The van der Waals surface area contributed by atoms with Gasteiger partial charge in [0, 0.05) is 18.2 Å². The lowest BCUT2D eigenvalue weighted by atomic mass is 9.99. The monoisotopic (exact) mass is 347 g/mol. The Kier molecular flexibility index (Phi) is 4.05. The first-order chi connectivity index (χ1) is 10.7. The molecule has 1 aliphatic heterocycles. The zero-order valence-corrected chi connectivity index (χ0v) is 16.2. The summed E-state index contributed by atoms with van der Waals surface area (Å²) in [5.41, 5.74) is 2.15. The van der Waals surface area contributed by atoms with E-state index in [-0.39, 0.29) is 5.92 Å². The van der Waals surface area contributed by atoms with Crippen molar-refractivity contribution >= 4 is 18.1 Å². The zero-order valence-electron chi connectivity index (χ0n) is 14.3. The van der Waals surface area contributed by atoms with Crippen molar-refractivity contribution in [1.82, 2.24) is 4.31 Å². The van der Waals surface area contributed by atoms with Crippen LogP contribution < -0.4 is 0 Å². The van der Waals surface area contributed by atoms with Gasteiger partial charge >= 0.3 is 0 Å². The van der Waals surface area contributed by atoms with Crippen molar-refractivity contribution in [3.63, 3.8) is 0 Å². The number of hydrogen-bond acceptors (Lipinski definition) is 2. The lowest BCUT2D eigenvalue weighted by Gasteiger charge is -2.32. The van der Waals surface area contributed by atoms with Crippen molar-refractivity contribution in [2.75, 3.05) is 6.54 Å². The molecule has 1 fully saturated rings. The Morgan fingerprint density at radius 3 is 2.39 bits per heavy atom. The van der Waals surface area contributed by atoms with Gasteiger partial charge in [-0.05, 0) is 31.9 Å². The quantitative estimate of drug-likeness (QED) is 0.610. The average molecular weight is 348 g/mol. The maximum absolute atomic E-state index is 13.2. The van der Waals surface area contributed by atoms with E-state index in [2.05, 4.69) is 31.8 Å². The Morgan fingerprint density at radius 2 is 1.78 bits per heavy atom. The Morgan fingerprint density at radius 1 is 1.13 bits per heavy atom. The highest BCUT2D eigenvalue weighted by Crippen LogP contribution is 2.42. The lowest BCUT2D eigenvalue weighted by Crippen LogP contribution is -2.34. The summed E-state index contributed by atoms with van der Waals surface area (Å²) in [7, 11) is -5.01. The first kappa shape index (κ1) is 16.5. The van der Waals surface area contributed by atoms with Gasteiger partial charge in [-0.2, -0.15) is 0 Å². The van der Waals surface area contributed by atoms with E-state index in [0.717, 1.165) is 24.1 Å². The Hall–Kier alpha value is -1.33. The molecule has 1 unspecified atom stereocenters. The van der Waals surface area contributed by atoms with Crippen molar-refractivity contribution in [2.45, 2.75) is 44.3 Å². The molecule has 23 heavy (non-hydrogen) atoms. The van der Waals surface area contributed by atoms with Crippen molar-refractivity contribution in [1.29, 1.82) is 0 Å². The van der Waals surface area contributed by atoms with Crippen LogP contribution in [0.25, 0.3) is 0 Å². The smallest absolute Gasteiger partial charge is 0.264 e.